The molecule has 0 atom stereocenters. The quantitative estimate of drug-likeness (QED) is 0.599. The Morgan fingerprint density at radius 1 is 1.50 bits per heavy atom. The first-order valence-electron chi connectivity index (χ1n) is 6.46. The molecule has 1 aromatic rings. The molecule has 0 amide bonds. The van der Waals surface area contributed by atoms with Crippen LogP contribution in [0.3, 0.4) is 0 Å². The van der Waals surface area contributed by atoms with Crippen LogP contribution in [0.2, 0.25) is 0 Å². The van der Waals surface area contributed by atoms with Gasteiger partial charge in [0.25, 0.3) is 5.56 Å². The highest BCUT2D eigenvalue weighted by Crippen LogP contribution is 2.28. The van der Waals surface area contributed by atoms with Crippen LogP contribution in [0.4, 0.5) is 5.82 Å². The Morgan fingerprint density at radius 3 is 3.00 bits per heavy atom. The fourth-order valence-electron chi connectivity index (χ4n) is 2.61. The molecule has 6 nitrogen and oxygen atoms in total. The lowest BCUT2D eigenvalue weighted by atomic mass is 9.85. The number of fused-ring (bicyclic) bond motifs is 1. The highest BCUT2D eigenvalue weighted by molar-refractivity contribution is 5.34. The normalized spacial score (nSPS) is 19.2. The van der Waals surface area contributed by atoms with E-state index in [1.54, 1.807) is 0 Å². The molecule has 3 N–H and O–H groups in total. The molecule has 1 saturated carbocycles. The van der Waals surface area contributed by atoms with Gasteiger partial charge in [-0.25, -0.2) is 10.8 Å². The maximum Gasteiger partial charge on any atom is 0.294 e. The summed E-state index contributed by atoms with van der Waals surface area (Å²) in [5.41, 5.74) is 4.15. The van der Waals surface area contributed by atoms with E-state index in [4.69, 9.17) is 10.6 Å². The summed E-state index contributed by atoms with van der Waals surface area (Å²) in [5, 5.41) is 0. The zero-order valence-corrected chi connectivity index (χ0v) is 10.3. The van der Waals surface area contributed by atoms with Crippen LogP contribution in [0.1, 0.15) is 30.7 Å². The van der Waals surface area contributed by atoms with Gasteiger partial charge in [0.2, 0.25) is 5.82 Å². The third-order valence-electron chi connectivity index (χ3n) is 3.88. The first kappa shape index (κ1) is 11.7. The van der Waals surface area contributed by atoms with Gasteiger partial charge in [-0.2, -0.15) is 0 Å². The topological polar surface area (TPSA) is 82.2 Å². The Morgan fingerprint density at radius 2 is 2.33 bits per heavy atom. The van der Waals surface area contributed by atoms with Crippen molar-refractivity contribution in [2.75, 3.05) is 12.0 Å². The molecular weight excluding hydrogens is 232 g/mol. The number of hydrazine groups is 1. The average molecular weight is 250 g/mol. The van der Waals surface area contributed by atoms with Crippen LogP contribution >= 0.6 is 0 Å². The number of rotatable bonds is 3. The van der Waals surface area contributed by atoms with E-state index in [1.165, 1.54) is 19.3 Å². The van der Waals surface area contributed by atoms with Gasteiger partial charge in [0.15, 0.2) is 0 Å². The lowest BCUT2D eigenvalue weighted by Gasteiger charge is -2.29. The SMILES string of the molecule is NNc1nc2c(n(CC3CCC3)c1=O)CCOC2. The summed E-state index contributed by atoms with van der Waals surface area (Å²) >= 11 is 0. The first-order chi connectivity index (χ1) is 8.79. The van der Waals surface area contributed by atoms with Crippen LogP contribution in [0.15, 0.2) is 4.79 Å². The van der Waals surface area contributed by atoms with Gasteiger partial charge >= 0.3 is 0 Å². The summed E-state index contributed by atoms with van der Waals surface area (Å²) in [5.74, 6) is 6.21. The van der Waals surface area contributed by atoms with Crippen molar-refractivity contribution in [3.05, 3.63) is 21.7 Å². The van der Waals surface area contributed by atoms with Crippen molar-refractivity contribution in [3.63, 3.8) is 0 Å². The molecule has 18 heavy (non-hydrogen) atoms. The first-order valence-corrected chi connectivity index (χ1v) is 6.46. The molecule has 1 fully saturated rings. The van der Waals surface area contributed by atoms with Crippen molar-refractivity contribution >= 4 is 5.82 Å². The van der Waals surface area contributed by atoms with Gasteiger partial charge in [0.1, 0.15) is 0 Å². The van der Waals surface area contributed by atoms with E-state index in [1.807, 2.05) is 4.57 Å². The van der Waals surface area contributed by atoms with Gasteiger partial charge < -0.3 is 14.7 Å². The second-order valence-corrected chi connectivity index (χ2v) is 5.01. The number of hydrogen-bond donors (Lipinski definition) is 2. The van der Waals surface area contributed by atoms with Crippen molar-refractivity contribution in [2.45, 2.75) is 38.8 Å². The van der Waals surface area contributed by atoms with Gasteiger partial charge in [-0.05, 0) is 18.8 Å². The maximum absolute atomic E-state index is 12.3. The van der Waals surface area contributed by atoms with E-state index in [0.717, 1.165) is 24.4 Å². The predicted octanol–water partition coefficient (Wildman–Crippen LogP) is 0.402. The van der Waals surface area contributed by atoms with Crippen LogP contribution < -0.4 is 16.8 Å². The van der Waals surface area contributed by atoms with Crippen molar-refractivity contribution in [2.24, 2.45) is 11.8 Å². The number of hydrogen-bond acceptors (Lipinski definition) is 5. The van der Waals surface area contributed by atoms with E-state index in [9.17, 15) is 4.79 Å². The van der Waals surface area contributed by atoms with Gasteiger partial charge in [0, 0.05) is 18.7 Å². The highest BCUT2D eigenvalue weighted by atomic mass is 16.5. The minimum Gasteiger partial charge on any atom is -0.375 e. The summed E-state index contributed by atoms with van der Waals surface area (Å²) in [6.45, 7) is 1.92. The molecule has 6 heteroatoms. The second kappa shape index (κ2) is 4.70. The van der Waals surface area contributed by atoms with Crippen molar-refractivity contribution in [1.82, 2.24) is 9.55 Å². The number of nitrogen functional groups attached to an aromatic ring is 1. The zero-order valence-electron chi connectivity index (χ0n) is 10.3. The van der Waals surface area contributed by atoms with Gasteiger partial charge in [-0.3, -0.25) is 4.79 Å². The number of nitrogens with one attached hydrogen (secondary N) is 1. The van der Waals surface area contributed by atoms with Crippen LogP contribution in [0, 0.1) is 5.92 Å². The van der Waals surface area contributed by atoms with E-state index in [-0.39, 0.29) is 11.4 Å². The summed E-state index contributed by atoms with van der Waals surface area (Å²) in [4.78, 5) is 16.5. The molecule has 1 aliphatic carbocycles. The standard InChI is InChI=1S/C12H18N4O2/c13-15-11-12(17)16(6-8-2-1-3-8)10-4-5-18-7-9(10)14-11/h8H,1-7,13H2,(H,14,15). The lowest BCUT2D eigenvalue weighted by molar-refractivity contribution is 0.102. The fourth-order valence-corrected chi connectivity index (χ4v) is 2.61. The molecule has 0 aromatic carbocycles. The van der Waals surface area contributed by atoms with Crippen LogP contribution in [0.25, 0.3) is 0 Å². The Balaban J connectivity index is 2.04. The molecule has 98 valence electrons. The second-order valence-electron chi connectivity index (χ2n) is 5.01. The molecule has 0 bridgehead atoms. The van der Waals surface area contributed by atoms with Crippen LogP contribution in [-0.2, 0) is 24.3 Å². The molecular formula is C12H18N4O2. The minimum absolute atomic E-state index is 0.106. The average Bonchev–Trinajstić information content (AvgIpc) is 2.35. The van der Waals surface area contributed by atoms with Gasteiger partial charge in [0.05, 0.1) is 18.9 Å². The Kier molecular flexibility index (Phi) is 3.05. The molecule has 0 unspecified atom stereocenters. The molecule has 1 aromatic heterocycles. The molecule has 2 aliphatic rings. The summed E-state index contributed by atoms with van der Waals surface area (Å²) < 4.78 is 7.24. The maximum atomic E-state index is 12.3. The van der Waals surface area contributed by atoms with E-state index < -0.39 is 0 Å². The Labute approximate surface area is 105 Å². The number of nitrogens with zero attached hydrogens (tertiary/aromatic N) is 2. The molecule has 2 heterocycles. The van der Waals surface area contributed by atoms with Crippen LogP contribution in [-0.4, -0.2) is 16.2 Å². The van der Waals surface area contributed by atoms with E-state index >= 15 is 0 Å². The number of anilines is 1. The smallest absolute Gasteiger partial charge is 0.294 e. The summed E-state index contributed by atoms with van der Waals surface area (Å²) in [6, 6.07) is 0. The van der Waals surface area contributed by atoms with Gasteiger partial charge in [-0.15, -0.1) is 0 Å². The fraction of sp³-hybridized carbons (Fsp3) is 0.667. The summed E-state index contributed by atoms with van der Waals surface area (Å²) in [6.07, 6.45) is 4.46. The highest BCUT2D eigenvalue weighted by Gasteiger charge is 2.24. The van der Waals surface area contributed by atoms with Crippen molar-refractivity contribution < 1.29 is 4.74 Å². The van der Waals surface area contributed by atoms with E-state index in [0.29, 0.717) is 19.1 Å². The molecule has 0 saturated heterocycles. The van der Waals surface area contributed by atoms with Crippen molar-refractivity contribution in [1.29, 1.82) is 0 Å². The van der Waals surface area contributed by atoms with Gasteiger partial charge in [-0.1, -0.05) is 6.42 Å². The zero-order chi connectivity index (χ0) is 12.5. The third-order valence-corrected chi connectivity index (χ3v) is 3.88. The Hall–Kier alpha value is -1.40. The number of aromatic nitrogens is 2. The van der Waals surface area contributed by atoms with Crippen molar-refractivity contribution in [3.8, 4) is 0 Å². The molecule has 0 spiro atoms. The molecule has 1 aliphatic heterocycles. The molecule has 0 radical (unpaired) electrons. The minimum atomic E-state index is -0.106. The lowest BCUT2D eigenvalue weighted by Crippen LogP contribution is -2.36. The Bertz CT molecular complexity index is 508. The molecule has 3 rings (SSSR count). The monoisotopic (exact) mass is 250 g/mol. The third kappa shape index (κ3) is 1.91. The number of ether oxygens (including phenoxy) is 1. The van der Waals surface area contributed by atoms with Crippen LogP contribution in [0.5, 0.6) is 0 Å². The largest absolute Gasteiger partial charge is 0.375 e. The predicted molar refractivity (Wildman–Crippen MR) is 67.0 cm³/mol. The van der Waals surface area contributed by atoms with E-state index in [2.05, 4.69) is 10.4 Å². The number of nitrogens with two attached hydrogens (primary N) is 1. The summed E-state index contributed by atoms with van der Waals surface area (Å²) in [7, 11) is 0.